The van der Waals surface area contributed by atoms with E-state index in [0.717, 1.165) is 5.56 Å². The Morgan fingerprint density at radius 2 is 2.03 bits per heavy atom. The summed E-state index contributed by atoms with van der Waals surface area (Å²) in [5, 5.41) is 5.50. The van der Waals surface area contributed by atoms with Crippen LogP contribution in [0, 0.1) is 5.82 Å². The van der Waals surface area contributed by atoms with Gasteiger partial charge < -0.3 is 19.7 Å². The number of ether oxygens (including phenoxy) is 2. The van der Waals surface area contributed by atoms with Crippen LogP contribution in [0.4, 0.5) is 10.1 Å². The largest absolute Gasteiger partial charge is 0.491 e. The summed E-state index contributed by atoms with van der Waals surface area (Å²) in [6.07, 6.45) is 0.498. The van der Waals surface area contributed by atoms with E-state index in [-0.39, 0.29) is 37.1 Å². The Labute approximate surface area is 184 Å². The van der Waals surface area contributed by atoms with Crippen LogP contribution in [0.15, 0.2) is 36.4 Å². The quantitative estimate of drug-likeness (QED) is 0.482. The average molecular weight is 441 g/mol. The van der Waals surface area contributed by atoms with Crippen molar-refractivity contribution in [3.05, 3.63) is 58.9 Å². The van der Waals surface area contributed by atoms with Crippen LogP contribution in [-0.4, -0.2) is 49.0 Å². The zero-order valence-electron chi connectivity index (χ0n) is 17.7. The van der Waals surface area contributed by atoms with E-state index in [1.165, 1.54) is 11.0 Å². The minimum Gasteiger partial charge on any atom is -0.491 e. The number of halogens is 1. The van der Waals surface area contributed by atoms with Gasteiger partial charge in [0.2, 0.25) is 11.8 Å². The molecular formula is C23H24FN3O5. The number of rotatable bonds is 8. The Morgan fingerprint density at radius 1 is 1.19 bits per heavy atom. The average Bonchev–Trinajstić information content (AvgIpc) is 3.11. The summed E-state index contributed by atoms with van der Waals surface area (Å²) in [6, 6.07) is 9.12. The van der Waals surface area contributed by atoms with Gasteiger partial charge in [0.1, 0.15) is 24.2 Å². The van der Waals surface area contributed by atoms with E-state index in [1.807, 2.05) is 6.07 Å². The summed E-state index contributed by atoms with van der Waals surface area (Å²) in [6.45, 7) is 1.22. The highest BCUT2D eigenvalue weighted by molar-refractivity contribution is 6.06. The molecular weight excluding hydrogens is 417 g/mol. The van der Waals surface area contributed by atoms with Crippen molar-refractivity contribution in [1.29, 1.82) is 0 Å². The number of benzene rings is 2. The van der Waals surface area contributed by atoms with Crippen LogP contribution in [0.1, 0.15) is 34.3 Å². The molecule has 0 saturated carbocycles. The molecule has 0 unspecified atom stereocenters. The highest BCUT2D eigenvalue weighted by Crippen LogP contribution is 2.32. The Bertz CT molecular complexity index is 1060. The molecule has 32 heavy (non-hydrogen) atoms. The second-order valence-corrected chi connectivity index (χ2v) is 7.68. The van der Waals surface area contributed by atoms with E-state index in [1.54, 1.807) is 31.4 Å². The molecule has 2 aliphatic rings. The third kappa shape index (κ3) is 4.43. The predicted molar refractivity (Wildman–Crippen MR) is 114 cm³/mol. The van der Waals surface area contributed by atoms with E-state index in [9.17, 15) is 18.8 Å². The smallest absolute Gasteiger partial charge is 0.255 e. The number of piperidine rings is 1. The number of hydrogen-bond donors (Lipinski definition) is 2. The second-order valence-electron chi connectivity index (χ2n) is 7.68. The van der Waals surface area contributed by atoms with E-state index in [4.69, 9.17) is 9.47 Å². The van der Waals surface area contributed by atoms with Crippen molar-refractivity contribution in [2.24, 2.45) is 0 Å². The van der Waals surface area contributed by atoms with E-state index in [0.29, 0.717) is 42.2 Å². The number of anilines is 1. The van der Waals surface area contributed by atoms with E-state index >= 15 is 0 Å². The Hall–Kier alpha value is -3.46. The highest BCUT2D eigenvalue weighted by atomic mass is 19.1. The number of nitrogens with zero attached hydrogens (tertiary/aromatic N) is 1. The highest BCUT2D eigenvalue weighted by Gasteiger charge is 2.39. The number of nitrogens with one attached hydrogen (secondary N) is 2. The molecule has 0 spiro atoms. The van der Waals surface area contributed by atoms with Gasteiger partial charge in [-0.25, -0.2) is 4.39 Å². The summed E-state index contributed by atoms with van der Waals surface area (Å²) >= 11 is 0. The lowest BCUT2D eigenvalue weighted by Crippen LogP contribution is -2.52. The molecule has 1 fully saturated rings. The first-order valence-corrected chi connectivity index (χ1v) is 10.4. The van der Waals surface area contributed by atoms with E-state index < -0.39 is 11.9 Å². The molecule has 2 N–H and O–H groups in total. The molecule has 168 valence electrons. The normalized spacial score (nSPS) is 17.9. The summed E-state index contributed by atoms with van der Waals surface area (Å²) in [4.78, 5) is 38.1. The van der Waals surface area contributed by atoms with Crippen LogP contribution in [0.5, 0.6) is 5.75 Å². The molecule has 2 aliphatic heterocycles. The number of amides is 3. The fraction of sp³-hybridized carbons (Fsp3) is 0.348. The molecule has 0 aliphatic carbocycles. The molecule has 4 rings (SSSR count). The van der Waals surface area contributed by atoms with Crippen molar-refractivity contribution in [1.82, 2.24) is 10.2 Å². The Balaban J connectivity index is 1.48. The van der Waals surface area contributed by atoms with Gasteiger partial charge in [-0.2, -0.15) is 0 Å². The molecule has 1 saturated heterocycles. The molecule has 1 atom stereocenters. The van der Waals surface area contributed by atoms with Crippen molar-refractivity contribution in [3.8, 4) is 5.75 Å². The number of imide groups is 1. The molecule has 0 bridgehead atoms. The molecule has 2 heterocycles. The number of methoxy groups -OCH3 is 1. The molecule has 8 nitrogen and oxygen atoms in total. The first-order chi connectivity index (χ1) is 15.5. The standard InChI is InChI=1S/C23H24FN3O5/c1-31-9-10-32-15-5-6-18(24)14(11-15)12-25-19-4-2-3-16-17(19)13-27(23(16)30)20-7-8-21(28)26-22(20)29/h2-6,11,20,25H,7-10,12-13H2,1H3,(H,26,28,29)/t20-/m1/s1. The van der Waals surface area contributed by atoms with Crippen LogP contribution in [0.2, 0.25) is 0 Å². The second kappa shape index (κ2) is 9.35. The molecule has 3 amide bonds. The van der Waals surface area contributed by atoms with Gasteiger partial charge in [-0.3, -0.25) is 19.7 Å². The molecule has 0 radical (unpaired) electrons. The number of fused-ring (bicyclic) bond motifs is 1. The lowest BCUT2D eigenvalue weighted by molar-refractivity contribution is -0.136. The SMILES string of the molecule is COCCOc1ccc(F)c(CNc2cccc3c2CN([C@@H]2CCC(=O)NC2=O)C3=O)c1. The van der Waals surface area contributed by atoms with Gasteiger partial charge in [-0.05, 0) is 36.8 Å². The maximum atomic E-state index is 14.3. The van der Waals surface area contributed by atoms with Crippen molar-refractivity contribution in [2.75, 3.05) is 25.6 Å². The minimum atomic E-state index is -0.682. The summed E-state index contributed by atoms with van der Waals surface area (Å²) in [5.41, 5.74) is 2.35. The predicted octanol–water partition coefficient (Wildman–Crippen LogP) is 2.22. The van der Waals surface area contributed by atoms with Crippen LogP contribution in [0.25, 0.3) is 0 Å². The number of carbonyl (C=O) groups excluding carboxylic acids is 3. The van der Waals surface area contributed by atoms with E-state index in [2.05, 4.69) is 10.6 Å². The van der Waals surface area contributed by atoms with Gasteiger partial charge in [0.25, 0.3) is 5.91 Å². The maximum Gasteiger partial charge on any atom is 0.255 e. The zero-order valence-corrected chi connectivity index (χ0v) is 17.7. The minimum absolute atomic E-state index is 0.191. The lowest BCUT2D eigenvalue weighted by atomic mass is 10.0. The third-order valence-corrected chi connectivity index (χ3v) is 5.62. The first kappa shape index (κ1) is 21.8. The maximum absolute atomic E-state index is 14.3. The fourth-order valence-electron chi connectivity index (χ4n) is 3.96. The van der Waals surface area contributed by atoms with Crippen LogP contribution in [0.3, 0.4) is 0 Å². The van der Waals surface area contributed by atoms with Crippen molar-refractivity contribution in [3.63, 3.8) is 0 Å². The zero-order chi connectivity index (χ0) is 22.7. The van der Waals surface area contributed by atoms with Crippen molar-refractivity contribution in [2.45, 2.75) is 32.0 Å². The Kier molecular flexibility index (Phi) is 6.36. The molecule has 2 aromatic carbocycles. The monoisotopic (exact) mass is 441 g/mol. The van der Waals surface area contributed by atoms with Gasteiger partial charge in [0, 0.05) is 49.0 Å². The number of hydrogen-bond acceptors (Lipinski definition) is 6. The topological polar surface area (TPSA) is 97.0 Å². The van der Waals surface area contributed by atoms with Gasteiger partial charge in [-0.15, -0.1) is 0 Å². The summed E-state index contributed by atoms with van der Waals surface area (Å²) < 4.78 is 24.8. The fourth-order valence-corrected chi connectivity index (χ4v) is 3.96. The van der Waals surface area contributed by atoms with Crippen molar-refractivity contribution < 1.29 is 28.2 Å². The number of carbonyl (C=O) groups is 3. The summed E-state index contributed by atoms with van der Waals surface area (Å²) in [5.74, 6) is -0.862. The van der Waals surface area contributed by atoms with Crippen LogP contribution >= 0.6 is 0 Å². The lowest BCUT2D eigenvalue weighted by Gasteiger charge is -2.29. The van der Waals surface area contributed by atoms with Crippen LogP contribution in [-0.2, 0) is 27.4 Å². The van der Waals surface area contributed by atoms with Crippen molar-refractivity contribution >= 4 is 23.4 Å². The van der Waals surface area contributed by atoms with Gasteiger partial charge in [-0.1, -0.05) is 6.07 Å². The van der Waals surface area contributed by atoms with Crippen LogP contribution < -0.4 is 15.4 Å². The van der Waals surface area contributed by atoms with Gasteiger partial charge in [0.05, 0.1) is 6.61 Å². The van der Waals surface area contributed by atoms with Gasteiger partial charge >= 0.3 is 0 Å². The first-order valence-electron chi connectivity index (χ1n) is 10.4. The Morgan fingerprint density at radius 3 is 2.81 bits per heavy atom. The molecule has 9 heteroatoms. The third-order valence-electron chi connectivity index (χ3n) is 5.62. The summed E-state index contributed by atoms with van der Waals surface area (Å²) in [7, 11) is 1.58. The molecule has 0 aromatic heterocycles. The van der Waals surface area contributed by atoms with Gasteiger partial charge in [0.15, 0.2) is 0 Å². The molecule has 2 aromatic rings.